The fraction of sp³-hybridized carbons (Fsp3) is 0.250. The number of sulfonamides is 1. The van der Waals surface area contributed by atoms with Crippen molar-refractivity contribution in [1.82, 2.24) is 5.32 Å². The second-order valence-electron chi connectivity index (χ2n) is 4.00. The van der Waals surface area contributed by atoms with E-state index in [9.17, 15) is 13.2 Å². The van der Waals surface area contributed by atoms with Crippen LogP contribution in [0.3, 0.4) is 0 Å². The third-order valence-corrected chi connectivity index (χ3v) is 3.37. The number of hydrogen-bond donors (Lipinski definition) is 2. The lowest BCUT2D eigenvalue weighted by molar-refractivity contribution is 0.0940. The lowest BCUT2D eigenvalue weighted by atomic mass is 10.2. The number of carbonyl (C=O) groups excluding carboxylic acids is 1. The Morgan fingerprint density at radius 1 is 1.53 bits per heavy atom. The van der Waals surface area contributed by atoms with Crippen molar-refractivity contribution in [3.8, 4) is 12.3 Å². The summed E-state index contributed by atoms with van der Waals surface area (Å²) in [4.78, 5) is 11.7. The first-order chi connectivity index (χ1) is 8.74. The van der Waals surface area contributed by atoms with Gasteiger partial charge in [-0.15, -0.1) is 12.3 Å². The van der Waals surface area contributed by atoms with Crippen molar-refractivity contribution < 1.29 is 13.2 Å². The molecule has 0 spiro atoms. The molecule has 5 nitrogen and oxygen atoms in total. The predicted molar refractivity (Wildman–Crippen MR) is 73.2 cm³/mol. The van der Waals surface area contributed by atoms with Gasteiger partial charge in [0.25, 0.3) is 5.91 Å². The Kier molecular flexibility index (Phi) is 4.95. The molecule has 0 aliphatic rings. The number of carbonyl (C=O) groups is 1. The fourth-order valence-electron chi connectivity index (χ4n) is 1.39. The standard InChI is InChI=1S/C12H13ClN2O3S/c1-3-4-8(2)15-12(16)9-5-10(13)7-11(6-9)19(14,17)18/h1,5-8H,4H2,2H3,(H,15,16)(H2,14,17,18). The van der Waals surface area contributed by atoms with Crippen LogP contribution >= 0.6 is 11.6 Å². The Hall–Kier alpha value is -1.55. The smallest absolute Gasteiger partial charge is 0.251 e. The van der Waals surface area contributed by atoms with Gasteiger partial charge in [-0.1, -0.05) is 11.6 Å². The first-order valence-electron chi connectivity index (χ1n) is 5.31. The average molecular weight is 301 g/mol. The van der Waals surface area contributed by atoms with Gasteiger partial charge in [-0.3, -0.25) is 4.79 Å². The van der Waals surface area contributed by atoms with Crippen molar-refractivity contribution in [2.75, 3.05) is 0 Å². The number of halogens is 1. The molecule has 0 fully saturated rings. The van der Waals surface area contributed by atoms with E-state index in [1.807, 2.05) is 0 Å². The van der Waals surface area contributed by atoms with Crippen LogP contribution in [-0.2, 0) is 10.0 Å². The van der Waals surface area contributed by atoms with Crippen LogP contribution in [0, 0.1) is 12.3 Å². The van der Waals surface area contributed by atoms with Gasteiger partial charge in [0.1, 0.15) is 0 Å². The zero-order chi connectivity index (χ0) is 14.6. The molecule has 3 N–H and O–H groups in total. The molecule has 0 aliphatic heterocycles. The van der Waals surface area contributed by atoms with E-state index in [-0.39, 0.29) is 21.5 Å². The Bertz CT molecular complexity index is 635. The number of amides is 1. The molecule has 0 bridgehead atoms. The molecule has 1 aromatic carbocycles. The van der Waals surface area contributed by atoms with Crippen molar-refractivity contribution in [1.29, 1.82) is 0 Å². The highest BCUT2D eigenvalue weighted by Crippen LogP contribution is 2.18. The third-order valence-electron chi connectivity index (χ3n) is 2.26. The van der Waals surface area contributed by atoms with Crippen LogP contribution in [0.1, 0.15) is 23.7 Å². The van der Waals surface area contributed by atoms with Crippen molar-refractivity contribution in [3.63, 3.8) is 0 Å². The summed E-state index contributed by atoms with van der Waals surface area (Å²) >= 11 is 5.77. The molecule has 1 unspecified atom stereocenters. The maximum Gasteiger partial charge on any atom is 0.251 e. The number of rotatable bonds is 4. The van der Waals surface area contributed by atoms with Gasteiger partial charge in [0.2, 0.25) is 10.0 Å². The van der Waals surface area contributed by atoms with Gasteiger partial charge in [0, 0.05) is 23.0 Å². The number of terminal acetylenes is 1. The molecule has 0 radical (unpaired) electrons. The largest absolute Gasteiger partial charge is 0.349 e. The van der Waals surface area contributed by atoms with Crippen molar-refractivity contribution in [2.24, 2.45) is 5.14 Å². The molecule has 1 rings (SSSR count). The van der Waals surface area contributed by atoms with Crippen LogP contribution in [0.2, 0.25) is 5.02 Å². The SMILES string of the molecule is C#CCC(C)NC(=O)c1cc(Cl)cc(S(N)(=O)=O)c1. The van der Waals surface area contributed by atoms with Gasteiger partial charge in [0.15, 0.2) is 0 Å². The number of benzene rings is 1. The van der Waals surface area contributed by atoms with E-state index in [2.05, 4.69) is 11.2 Å². The monoisotopic (exact) mass is 300 g/mol. The molecule has 0 aromatic heterocycles. The van der Waals surface area contributed by atoms with Crippen molar-refractivity contribution in [2.45, 2.75) is 24.3 Å². The lowest BCUT2D eigenvalue weighted by Gasteiger charge is -2.11. The van der Waals surface area contributed by atoms with Crippen LogP contribution < -0.4 is 10.5 Å². The highest BCUT2D eigenvalue weighted by Gasteiger charge is 2.15. The number of nitrogens with two attached hydrogens (primary N) is 1. The van der Waals surface area contributed by atoms with Gasteiger partial charge in [0.05, 0.1) is 4.90 Å². The molecule has 0 saturated carbocycles. The molecule has 0 heterocycles. The number of primary sulfonamides is 1. The van der Waals surface area contributed by atoms with Gasteiger partial charge in [-0.05, 0) is 25.1 Å². The summed E-state index contributed by atoms with van der Waals surface area (Å²) in [5, 5.41) is 7.74. The minimum atomic E-state index is -3.92. The summed E-state index contributed by atoms with van der Waals surface area (Å²) in [6.07, 6.45) is 5.50. The van der Waals surface area contributed by atoms with Crippen LogP contribution in [0.15, 0.2) is 23.1 Å². The molecule has 19 heavy (non-hydrogen) atoms. The van der Waals surface area contributed by atoms with Crippen LogP contribution in [0.25, 0.3) is 0 Å². The molecule has 0 aliphatic carbocycles. The van der Waals surface area contributed by atoms with E-state index < -0.39 is 15.9 Å². The minimum absolute atomic E-state index is 0.111. The van der Waals surface area contributed by atoms with E-state index in [4.69, 9.17) is 23.2 Å². The maximum absolute atomic E-state index is 11.9. The maximum atomic E-state index is 11.9. The van der Waals surface area contributed by atoms with Crippen molar-refractivity contribution >= 4 is 27.5 Å². The molecule has 1 aromatic rings. The molecule has 1 amide bonds. The van der Waals surface area contributed by atoms with Gasteiger partial charge < -0.3 is 5.32 Å². The zero-order valence-electron chi connectivity index (χ0n) is 10.2. The van der Waals surface area contributed by atoms with Crippen LogP contribution in [-0.4, -0.2) is 20.4 Å². The molecule has 0 saturated heterocycles. The Labute approximate surface area is 117 Å². The highest BCUT2D eigenvalue weighted by molar-refractivity contribution is 7.89. The molecular formula is C12H13ClN2O3S. The fourth-order valence-corrected chi connectivity index (χ4v) is 2.28. The number of hydrogen-bond acceptors (Lipinski definition) is 3. The molecule has 102 valence electrons. The lowest BCUT2D eigenvalue weighted by Crippen LogP contribution is -2.32. The second kappa shape index (κ2) is 6.06. The first-order valence-corrected chi connectivity index (χ1v) is 7.24. The van der Waals surface area contributed by atoms with E-state index in [1.54, 1.807) is 6.92 Å². The summed E-state index contributed by atoms with van der Waals surface area (Å²) < 4.78 is 22.5. The van der Waals surface area contributed by atoms with Gasteiger partial charge in [-0.25, -0.2) is 13.6 Å². The summed E-state index contributed by atoms with van der Waals surface area (Å²) in [6.45, 7) is 1.74. The van der Waals surface area contributed by atoms with Crippen LogP contribution in [0.4, 0.5) is 0 Å². The zero-order valence-corrected chi connectivity index (χ0v) is 11.8. The predicted octanol–water partition coefficient (Wildman–Crippen LogP) is 1.13. The molecule has 1 atom stereocenters. The summed E-state index contributed by atoms with van der Waals surface area (Å²) in [7, 11) is -3.92. The normalized spacial score (nSPS) is 12.5. The minimum Gasteiger partial charge on any atom is -0.349 e. The van der Waals surface area contributed by atoms with E-state index in [0.717, 1.165) is 0 Å². The quantitative estimate of drug-likeness (QED) is 0.817. The Morgan fingerprint density at radius 3 is 2.68 bits per heavy atom. The second-order valence-corrected chi connectivity index (χ2v) is 6.00. The Morgan fingerprint density at radius 2 is 2.16 bits per heavy atom. The number of nitrogens with one attached hydrogen (secondary N) is 1. The van der Waals surface area contributed by atoms with Gasteiger partial charge >= 0.3 is 0 Å². The third kappa shape index (κ3) is 4.56. The summed E-state index contributed by atoms with van der Waals surface area (Å²) in [6, 6.07) is 3.47. The Balaban J connectivity index is 3.05. The van der Waals surface area contributed by atoms with Gasteiger partial charge in [-0.2, -0.15) is 0 Å². The highest BCUT2D eigenvalue weighted by atomic mass is 35.5. The topological polar surface area (TPSA) is 89.3 Å². The average Bonchev–Trinajstić information content (AvgIpc) is 2.27. The molecular weight excluding hydrogens is 288 g/mol. The van der Waals surface area contributed by atoms with E-state index in [1.165, 1.54) is 18.2 Å². The van der Waals surface area contributed by atoms with Crippen molar-refractivity contribution in [3.05, 3.63) is 28.8 Å². The summed E-state index contributed by atoms with van der Waals surface area (Å²) in [5.74, 6) is 1.95. The van der Waals surface area contributed by atoms with E-state index >= 15 is 0 Å². The molecule has 7 heteroatoms. The van der Waals surface area contributed by atoms with E-state index in [0.29, 0.717) is 6.42 Å². The first kappa shape index (κ1) is 15.5. The van der Waals surface area contributed by atoms with Crippen LogP contribution in [0.5, 0.6) is 0 Å². The summed E-state index contributed by atoms with van der Waals surface area (Å²) in [5.41, 5.74) is 0.111.